The highest BCUT2D eigenvalue weighted by molar-refractivity contribution is 5.81. The predicted molar refractivity (Wildman–Crippen MR) is 56.5 cm³/mol. The molecule has 0 rings (SSSR count). The van der Waals surface area contributed by atoms with Crippen LogP contribution in [0.25, 0.3) is 0 Å². The Kier molecular flexibility index (Phi) is 5.97. The van der Waals surface area contributed by atoms with Crippen molar-refractivity contribution in [2.24, 2.45) is 23.5 Å². The SMILES string of the molecule is CC(C)CCC(=O)C(CN)C(C)C. The number of carbonyl (C=O) groups is 1. The number of hydrogen-bond donors (Lipinski definition) is 1. The van der Waals surface area contributed by atoms with E-state index in [2.05, 4.69) is 27.7 Å². The smallest absolute Gasteiger partial charge is 0.137 e. The van der Waals surface area contributed by atoms with Crippen molar-refractivity contribution in [2.75, 3.05) is 6.54 Å². The zero-order valence-corrected chi connectivity index (χ0v) is 9.34. The molecule has 0 spiro atoms. The van der Waals surface area contributed by atoms with E-state index in [0.717, 1.165) is 6.42 Å². The van der Waals surface area contributed by atoms with E-state index in [-0.39, 0.29) is 5.92 Å². The lowest BCUT2D eigenvalue weighted by atomic mass is 9.88. The molecule has 2 N–H and O–H groups in total. The first kappa shape index (κ1) is 12.6. The molecule has 0 radical (unpaired) electrons. The topological polar surface area (TPSA) is 43.1 Å². The van der Waals surface area contributed by atoms with Crippen molar-refractivity contribution >= 4 is 5.78 Å². The maximum atomic E-state index is 11.6. The molecule has 0 fully saturated rings. The standard InChI is InChI=1S/C11H23NO/c1-8(2)5-6-11(13)10(7-12)9(3)4/h8-10H,5-7,12H2,1-4H3. The average molecular weight is 185 g/mol. The molecule has 2 nitrogen and oxygen atoms in total. The molecule has 0 aromatic heterocycles. The van der Waals surface area contributed by atoms with E-state index in [0.29, 0.717) is 30.6 Å². The van der Waals surface area contributed by atoms with Gasteiger partial charge in [-0.15, -0.1) is 0 Å². The van der Waals surface area contributed by atoms with Gasteiger partial charge in [0.1, 0.15) is 5.78 Å². The van der Waals surface area contributed by atoms with Gasteiger partial charge in [0, 0.05) is 18.9 Å². The van der Waals surface area contributed by atoms with Crippen LogP contribution >= 0.6 is 0 Å². The van der Waals surface area contributed by atoms with Gasteiger partial charge >= 0.3 is 0 Å². The van der Waals surface area contributed by atoms with Crippen LogP contribution in [0.4, 0.5) is 0 Å². The highest BCUT2D eigenvalue weighted by atomic mass is 16.1. The zero-order chi connectivity index (χ0) is 10.4. The van der Waals surface area contributed by atoms with Crippen LogP contribution in [-0.4, -0.2) is 12.3 Å². The molecule has 0 aliphatic carbocycles. The molecular formula is C11H23NO. The van der Waals surface area contributed by atoms with Crippen molar-refractivity contribution in [3.05, 3.63) is 0 Å². The Morgan fingerprint density at radius 2 is 1.77 bits per heavy atom. The van der Waals surface area contributed by atoms with Crippen molar-refractivity contribution in [1.82, 2.24) is 0 Å². The second-order valence-electron chi connectivity index (χ2n) is 4.49. The predicted octanol–water partition coefficient (Wildman–Crippen LogP) is 2.22. The van der Waals surface area contributed by atoms with Gasteiger partial charge in [-0.2, -0.15) is 0 Å². The fourth-order valence-electron chi connectivity index (χ4n) is 1.39. The summed E-state index contributed by atoms with van der Waals surface area (Å²) in [6, 6.07) is 0. The van der Waals surface area contributed by atoms with E-state index in [9.17, 15) is 4.79 Å². The van der Waals surface area contributed by atoms with Crippen molar-refractivity contribution in [1.29, 1.82) is 0 Å². The molecule has 1 atom stereocenters. The molecular weight excluding hydrogens is 162 g/mol. The number of Topliss-reactive ketones (excluding diaryl/α,β-unsaturated/α-hetero) is 1. The van der Waals surface area contributed by atoms with Crippen LogP contribution in [0.5, 0.6) is 0 Å². The summed E-state index contributed by atoms with van der Waals surface area (Å²) in [7, 11) is 0. The molecule has 0 aliphatic heterocycles. The summed E-state index contributed by atoms with van der Waals surface area (Å²) in [6.45, 7) is 8.89. The van der Waals surface area contributed by atoms with Gasteiger partial charge in [0.05, 0.1) is 0 Å². The minimum atomic E-state index is 0.0683. The number of ketones is 1. The lowest BCUT2D eigenvalue weighted by Gasteiger charge is -2.17. The first-order chi connectivity index (χ1) is 5.99. The van der Waals surface area contributed by atoms with Gasteiger partial charge in [-0.05, 0) is 18.3 Å². The van der Waals surface area contributed by atoms with E-state index in [4.69, 9.17) is 5.73 Å². The maximum Gasteiger partial charge on any atom is 0.137 e. The third kappa shape index (κ3) is 5.04. The van der Waals surface area contributed by atoms with Gasteiger partial charge in [-0.1, -0.05) is 27.7 Å². The number of rotatable bonds is 6. The van der Waals surface area contributed by atoms with Crippen LogP contribution < -0.4 is 5.73 Å². The quantitative estimate of drug-likeness (QED) is 0.689. The van der Waals surface area contributed by atoms with Gasteiger partial charge in [0.15, 0.2) is 0 Å². The van der Waals surface area contributed by atoms with Crippen LogP contribution in [0.1, 0.15) is 40.5 Å². The lowest BCUT2D eigenvalue weighted by Crippen LogP contribution is -2.28. The summed E-state index contributed by atoms with van der Waals surface area (Å²) in [5.41, 5.74) is 5.56. The molecule has 78 valence electrons. The monoisotopic (exact) mass is 185 g/mol. The van der Waals surface area contributed by atoms with Crippen LogP contribution in [0.15, 0.2) is 0 Å². The second-order valence-corrected chi connectivity index (χ2v) is 4.49. The Labute approximate surface area is 81.9 Å². The summed E-state index contributed by atoms with van der Waals surface area (Å²) in [5.74, 6) is 1.39. The van der Waals surface area contributed by atoms with Gasteiger partial charge in [-0.3, -0.25) is 4.79 Å². The molecule has 0 amide bonds. The van der Waals surface area contributed by atoms with Crippen LogP contribution in [-0.2, 0) is 4.79 Å². The summed E-state index contributed by atoms with van der Waals surface area (Å²) in [5, 5.41) is 0. The Bertz CT molecular complexity index is 152. The Hall–Kier alpha value is -0.370. The Morgan fingerprint density at radius 3 is 2.08 bits per heavy atom. The summed E-state index contributed by atoms with van der Waals surface area (Å²) < 4.78 is 0. The van der Waals surface area contributed by atoms with Gasteiger partial charge in [-0.25, -0.2) is 0 Å². The third-order valence-corrected chi connectivity index (χ3v) is 2.44. The van der Waals surface area contributed by atoms with Gasteiger partial charge < -0.3 is 5.73 Å². The van der Waals surface area contributed by atoms with E-state index in [1.54, 1.807) is 0 Å². The number of hydrogen-bond acceptors (Lipinski definition) is 2. The van der Waals surface area contributed by atoms with Crippen molar-refractivity contribution in [3.8, 4) is 0 Å². The van der Waals surface area contributed by atoms with Crippen molar-refractivity contribution in [2.45, 2.75) is 40.5 Å². The third-order valence-electron chi connectivity index (χ3n) is 2.44. The summed E-state index contributed by atoms with van der Waals surface area (Å²) in [4.78, 5) is 11.6. The normalized spacial score (nSPS) is 13.8. The summed E-state index contributed by atoms with van der Waals surface area (Å²) in [6.07, 6.45) is 1.68. The van der Waals surface area contributed by atoms with Crippen LogP contribution in [0, 0.1) is 17.8 Å². The van der Waals surface area contributed by atoms with Crippen LogP contribution in [0.2, 0.25) is 0 Å². The number of nitrogens with two attached hydrogens (primary N) is 1. The molecule has 0 aromatic carbocycles. The highest BCUT2D eigenvalue weighted by Crippen LogP contribution is 2.15. The average Bonchev–Trinajstić information content (AvgIpc) is 2.01. The minimum absolute atomic E-state index is 0.0683. The van der Waals surface area contributed by atoms with Crippen molar-refractivity contribution in [3.63, 3.8) is 0 Å². The first-order valence-corrected chi connectivity index (χ1v) is 5.21. The number of carbonyl (C=O) groups excluding carboxylic acids is 1. The van der Waals surface area contributed by atoms with Crippen LogP contribution in [0.3, 0.4) is 0 Å². The molecule has 0 saturated carbocycles. The molecule has 0 bridgehead atoms. The summed E-state index contributed by atoms with van der Waals surface area (Å²) >= 11 is 0. The van der Waals surface area contributed by atoms with Crippen molar-refractivity contribution < 1.29 is 4.79 Å². The molecule has 0 heterocycles. The molecule has 0 aromatic rings. The largest absolute Gasteiger partial charge is 0.330 e. The highest BCUT2D eigenvalue weighted by Gasteiger charge is 2.19. The molecule has 1 unspecified atom stereocenters. The first-order valence-electron chi connectivity index (χ1n) is 5.21. The second kappa shape index (κ2) is 6.14. The van der Waals surface area contributed by atoms with E-state index >= 15 is 0 Å². The fourth-order valence-corrected chi connectivity index (χ4v) is 1.39. The zero-order valence-electron chi connectivity index (χ0n) is 9.34. The Balaban J connectivity index is 3.92. The maximum absolute atomic E-state index is 11.6. The molecule has 13 heavy (non-hydrogen) atoms. The van der Waals surface area contributed by atoms with E-state index in [1.807, 2.05) is 0 Å². The molecule has 2 heteroatoms. The van der Waals surface area contributed by atoms with E-state index < -0.39 is 0 Å². The van der Waals surface area contributed by atoms with Gasteiger partial charge in [0.2, 0.25) is 0 Å². The lowest BCUT2D eigenvalue weighted by molar-refractivity contribution is -0.124. The van der Waals surface area contributed by atoms with Gasteiger partial charge in [0.25, 0.3) is 0 Å². The minimum Gasteiger partial charge on any atom is -0.330 e. The molecule has 0 saturated heterocycles. The fraction of sp³-hybridized carbons (Fsp3) is 0.909. The van der Waals surface area contributed by atoms with E-state index in [1.165, 1.54) is 0 Å². The molecule has 0 aliphatic rings. The Morgan fingerprint density at radius 1 is 1.23 bits per heavy atom.